The molecule has 176 valence electrons. The number of carboxylic acids is 1. The first kappa shape index (κ1) is 22.9. The van der Waals surface area contributed by atoms with Crippen LogP contribution in [-0.4, -0.2) is 28.8 Å². The van der Waals surface area contributed by atoms with Crippen LogP contribution in [0.15, 0.2) is 72.9 Å². The number of carbonyl (C=O) groups excluding carboxylic acids is 1. The third kappa shape index (κ3) is 4.84. The highest BCUT2D eigenvalue weighted by Crippen LogP contribution is 2.44. The first-order valence-corrected chi connectivity index (χ1v) is 12.0. The van der Waals surface area contributed by atoms with Crippen LogP contribution in [0.1, 0.15) is 32.3 Å². The Morgan fingerprint density at radius 3 is 2.31 bits per heavy atom. The molecule has 0 unspecified atom stereocenters. The van der Waals surface area contributed by atoms with Gasteiger partial charge < -0.3 is 15.2 Å². The van der Waals surface area contributed by atoms with Gasteiger partial charge in [0.15, 0.2) is 4.47 Å². The van der Waals surface area contributed by atoms with Gasteiger partial charge in [0.2, 0.25) is 0 Å². The second-order valence-electron chi connectivity index (χ2n) is 7.95. The number of benzene rings is 3. The molecule has 0 fully saturated rings. The van der Waals surface area contributed by atoms with E-state index in [-0.39, 0.29) is 18.1 Å². The largest absolute Gasteiger partial charge is 0.478 e. The van der Waals surface area contributed by atoms with Crippen molar-refractivity contribution in [2.45, 2.75) is 12.5 Å². The molecule has 4 aromatic rings. The molecule has 1 aliphatic carbocycles. The zero-order valence-electron chi connectivity index (χ0n) is 18.3. The Labute approximate surface area is 210 Å². The molecule has 3 aromatic carbocycles. The van der Waals surface area contributed by atoms with Crippen LogP contribution in [-0.2, 0) is 11.3 Å². The van der Waals surface area contributed by atoms with Gasteiger partial charge in [0.1, 0.15) is 6.61 Å². The maximum atomic E-state index is 12.8. The van der Waals surface area contributed by atoms with Gasteiger partial charge in [-0.1, -0.05) is 60.1 Å². The van der Waals surface area contributed by atoms with Gasteiger partial charge in [-0.05, 0) is 40.5 Å². The van der Waals surface area contributed by atoms with Crippen LogP contribution in [0.25, 0.3) is 11.1 Å². The summed E-state index contributed by atoms with van der Waals surface area (Å²) in [7, 11) is 0. The zero-order valence-corrected chi connectivity index (χ0v) is 19.9. The summed E-state index contributed by atoms with van der Waals surface area (Å²) in [6, 6.07) is 20.6. The van der Waals surface area contributed by atoms with Crippen molar-refractivity contribution in [2.75, 3.05) is 17.2 Å². The Bertz CT molecular complexity index is 1380. The van der Waals surface area contributed by atoms with Gasteiger partial charge in [0, 0.05) is 17.0 Å². The molecule has 5 rings (SSSR count). The van der Waals surface area contributed by atoms with E-state index in [1.807, 2.05) is 36.4 Å². The number of ether oxygens (including phenoxy) is 1. The molecule has 0 saturated heterocycles. The van der Waals surface area contributed by atoms with Crippen LogP contribution in [0, 0.1) is 0 Å². The van der Waals surface area contributed by atoms with Gasteiger partial charge in [0.05, 0.1) is 23.5 Å². The minimum atomic E-state index is -1.10. The summed E-state index contributed by atoms with van der Waals surface area (Å²) < 4.78 is 6.04. The number of thiazole rings is 1. The molecule has 0 saturated carbocycles. The average Bonchev–Trinajstić information content (AvgIpc) is 3.42. The molecule has 1 aromatic heterocycles. The van der Waals surface area contributed by atoms with Crippen LogP contribution in [0.5, 0.6) is 0 Å². The van der Waals surface area contributed by atoms with Crippen LogP contribution in [0.3, 0.4) is 0 Å². The van der Waals surface area contributed by atoms with Crippen molar-refractivity contribution in [3.8, 4) is 11.1 Å². The maximum Gasteiger partial charge on any atom is 0.411 e. The van der Waals surface area contributed by atoms with Crippen molar-refractivity contribution < 1.29 is 19.4 Å². The number of hydrogen-bond donors (Lipinski definition) is 3. The second-order valence-corrected chi connectivity index (χ2v) is 9.65. The highest BCUT2D eigenvalue weighted by Gasteiger charge is 2.29. The quantitative estimate of drug-likeness (QED) is 0.266. The summed E-state index contributed by atoms with van der Waals surface area (Å²) in [6.07, 6.45) is 0.989. The molecular weight excluding hydrogens is 486 g/mol. The van der Waals surface area contributed by atoms with E-state index in [1.54, 1.807) is 12.3 Å². The second kappa shape index (κ2) is 9.77. The monoisotopic (exact) mass is 505 g/mol. The smallest absolute Gasteiger partial charge is 0.411 e. The Morgan fingerprint density at radius 1 is 1.00 bits per heavy atom. The first-order chi connectivity index (χ1) is 17.0. The van der Waals surface area contributed by atoms with E-state index in [2.05, 4.69) is 27.8 Å². The Kier molecular flexibility index (Phi) is 6.39. The predicted octanol–water partition coefficient (Wildman–Crippen LogP) is 6.47. The molecule has 1 amide bonds. The van der Waals surface area contributed by atoms with E-state index in [0.717, 1.165) is 27.1 Å². The number of anilines is 2. The topological polar surface area (TPSA) is 101 Å². The summed E-state index contributed by atoms with van der Waals surface area (Å²) in [5, 5.41) is 15.3. The Balaban J connectivity index is 1.31. The van der Waals surface area contributed by atoms with Gasteiger partial charge in [-0.25, -0.2) is 14.6 Å². The fraction of sp³-hybridized carbons (Fsp3) is 0.115. The molecule has 0 radical (unpaired) electrons. The Morgan fingerprint density at radius 2 is 1.69 bits per heavy atom. The van der Waals surface area contributed by atoms with Crippen LogP contribution >= 0.6 is 22.9 Å². The van der Waals surface area contributed by atoms with E-state index in [9.17, 15) is 14.7 Å². The lowest BCUT2D eigenvalue weighted by molar-refractivity contribution is 0.0696. The van der Waals surface area contributed by atoms with Crippen molar-refractivity contribution in [3.05, 3.63) is 99.0 Å². The molecule has 1 heterocycles. The van der Waals surface area contributed by atoms with E-state index in [1.165, 1.54) is 23.5 Å². The summed E-state index contributed by atoms with van der Waals surface area (Å²) in [4.78, 5) is 29.2. The van der Waals surface area contributed by atoms with Gasteiger partial charge in [-0.3, -0.25) is 5.32 Å². The van der Waals surface area contributed by atoms with Crippen molar-refractivity contribution in [2.24, 2.45) is 0 Å². The minimum Gasteiger partial charge on any atom is -0.478 e. The summed E-state index contributed by atoms with van der Waals surface area (Å²) in [5.41, 5.74) is 5.40. The number of aromatic nitrogens is 1. The predicted molar refractivity (Wildman–Crippen MR) is 137 cm³/mol. The molecule has 9 heteroatoms. The van der Waals surface area contributed by atoms with Crippen molar-refractivity contribution in [1.29, 1.82) is 0 Å². The molecular formula is C26H20ClN3O4S. The van der Waals surface area contributed by atoms with E-state index < -0.39 is 12.1 Å². The summed E-state index contributed by atoms with van der Waals surface area (Å²) in [5.74, 6) is -1.17. The van der Waals surface area contributed by atoms with Gasteiger partial charge >= 0.3 is 12.1 Å². The van der Waals surface area contributed by atoms with Gasteiger partial charge in [-0.2, -0.15) is 0 Å². The fourth-order valence-electron chi connectivity index (χ4n) is 4.23. The van der Waals surface area contributed by atoms with Gasteiger partial charge in [-0.15, -0.1) is 11.3 Å². The number of halogens is 1. The summed E-state index contributed by atoms with van der Waals surface area (Å²) >= 11 is 7.22. The number of rotatable bonds is 7. The lowest BCUT2D eigenvalue weighted by Gasteiger charge is -2.16. The third-order valence-corrected chi connectivity index (χ3v) is 6.94. The Hall–Kier alpha value is -3.88. The number of fused-ring (bicyclic) bond motifs is 3. The number of nitrogens with zero attached hydrogens (tertiary/aromatic N) is 1. The number of amides is 1. The zero-order chi connectivity index (χ0) is 24.4. The van der Waals surface area contributed by atoms with Crippen molar-refractivity contribution in [3.63, 3.8) is 0 Å². The number of nitrogens with one attached hydrogen (secondary N) is 2. The minimum absolute atomic E-state index is 0.0466. The van der Waals surface area contributed by atoms with Crippen LogP contribution in [0.2, 0.25) is 4.47 Å². The van der Waals surface area contributed by atoms with Crippen LogP contribution in [0.4, 0.5) is 16.2 Å². The normalized spacial score (nSPS) is 12.0. The lowest BCUT2D eigenvalue weighted by atomic mass is 9.98. The molecule has 7 nitrogen and oxygen atoms in total. The molecule has 1 aliphatic rings. The standard InChI is InChI=1S/C26H20ClN3O4S/c27-25-29-13-16(35-25)12-28-22-10-9-15(24(31)32)11-23(22)30-26(33)34-14-21-19-7-3-1-5-17(19)18-6-2-4-8-20(18)21/h1-11,13,21,28H,12,14H2,(H,30,33)(H,31,32). The molecule has 0 aliphatic heterocycles. The maximum absolute atomic E-state index is 12.8. The molecule has 0 atom stereocenters. The molecule has 35 heavy (non-hydrogen) atoms. The molecule has 0 bridgehead atoms. The van der Waals surface area contributed by atoms with Crippen molar-refractivity contribution >= 4 is 46.4 Å². The molecule has 3 N–H and O–H groups in total. The van der Waals surface area contributed by atoms with E-state index >= 15 is 0 Å². The van der Waals surface area contributed by atoms with Crippen LogP contribution < -0.4 is 10.6 Å². The highest BCUT2D eigenvalue weighted by atomic mass is 35.5. The van der Waals surface area contributed by atoms with Crippen molar-refractivity contribution in [1.82, 2.24) is 4.98 Å². The summed E-state index contributed by atoms with van der Waals surface area (Å²) in [6.45, 7) is 0.566. The highest BCUT2D eigenvalue weighted by molar-refractivity contribution is 7.15. The molecule has 0 spiro atoms. The average molecular weight is 506 g/mol. The lowest BCUT2D eigenvalue weighted by Crippen LogP contribution is -2.19. The number of carboxylic acid groups (broad SMARTS) is 1. The first-order valence-electron chi connectivity index (χ1n) is 10.8. The third-order valence-electron chi connectivity index (χ3n) is 5.83. The van der Waals surface area contributed by atoms with Gasteiger partial charge in [0.25, 0.3) is 0 Å². The fourth-order valence-corrected chi connectivity index (χ4v) is 5.14. The number of aromatic carboxylic acids is 1. The van der Waals surface area contributed by atoms with E-state index in [4.69, 9.17) is 16.3 Å². The number of carbonyl (C=O) groups is 2. The SMILES string of the molecule is O=C(Nc1cc(C(=O)O)ccc1NCc1cnc(Cl)s1)OCC1c2ccccc2-c2ccccc21. The number of hydrogen-bond acceptors (Lipinski definition) is 6. The van der Waals surface area contributed by atoms with E-state index in [0.29, 0.717) is 22.4 Å².